The highest BCUT2D eigenvalue weighted by Gasteiger charge is 2.23. The zero-order valence-corrected chi connectivity index (χ0v) is 19.0. The Bertz CT molecular complexity index is 1290. The fraction of sp³-hybridized carbons (Fsp3) is 0.192. The number of methoxy groups -OCH3 is 1. The van der Waals surface area contributed by atoms with Crippen molar-refractivity contribution < 1.29 is 9.53 Å². The van der Waals surface area contributed by atoms with Crippen LogP contribution in [0.3, 0.4) is 0 Å². The highest BCUT2D eigenvalue weighted by atomic mass is 35.5. The first-order valence-corrected chi connectivity index (χ1v) is 11.2. The van der Waals surface area contributed by atoms with E-state index >= 15 is 0 Å². The van der Waals surface area contributed by atoms with Crippen molar-refractivity contribution in [3.8, 4) is 11.3 Å². The number of fused-ring (bicyclic) bond motifs is 1. The molecule has 0 atom stereocenters. The SMILES string of the molecule is COC(=O)c1ccc2nc(-c3ccccc3)c(N3CCN(c4ccc(Cl)cc4)CC3)nc2c1. The van der Waals surface area contributed by atoms with Crippen LogP contribution in [-0.2, 0) is 4.74 Å². The molecule has 0 aliphatic carbocycles. The number of aromatic nitrogens is 2. The van der Waals surface area contributed by atoms with Crippen molar-refractivity contribution in [2.24, 2.45) is 0 Å². The molecule has 3 aromatic carbocycles. The number of ether oxygens (including phenoxy) is 1. The topological polar surface area (TPSA) is 58.6 Å². The highest BCUT2D eigenvalue weighted by molar-refractivity contribution is 6.30. The lowest BCUT2D eigenvalue weighted by molar-refractivity contribution is 0.0601. The first-order valence-electron chi connectivity index (χ1n) is 10.8. The van der Waals surface area contributed by atoms with Crippen LogP contribution in [0.2, 0.25) is 5.02 Å². The molecule has 33 heavy (non-hydrogen) atoms. The average Bonchev–Trinajstić information content (AvgIpc) is 2.88. The van der Waals surface area contributed by atoms with Crippen molar-refractivity contribution in [2.45, 2.75) is 0 Å². The minimum Gasteiger partial charge on any atom is -0.465 e. The lowest BCUT2D eigenvalue weighted by Gasteiger charge is -2.37. The number of carbonyl (C=O) groups is 1. The van der Waals surface area contributed by atoms with Crippen LogP contribution < -0.4 is 9.80 Å². The van der Waals surface area contributed by atoms with Gasteiger partial charge in [-0.3, -0.25) is 0 Å². The maximum Gasteiger partial charge on any atom is 0.337 e. The number of nitrogens with zero attached hydrogens (tertiary/aromatic N) is 4. The van der Waals surface area contributed by atoms with Gasteiger partial charge in [0.25, 0.3) is 0 Å². The largest absolute Gasteiger partial charge is 0.465 e. The van der Waals surface area contributed by atoms with Crippen molar-refractivity contribution >= 4 is 40.1 Å². The molecule has 0 saturated carbocycles. The first kappa shape index (κ1) is 21.2. The Morgan fingerprint density at radius 2 is 1.55 bits per heavy atom. The van der Waals surface area contributed by atoms with E-state index in [1.54, 1.807) is 12.1 Å². The summed E-state index contributed by atoms with van der Waals surface area (Å²) < 4.78 is 4.87. The molecule has 0 spiro atoms. The molecule has 4 aromatic rings. The van der Waals surface area contributed by atoms with E-state index in [1.165, 1.54) is 7.11 Å². The zero-order chi connectivity index (χ0) is 22.8. The highest BCUT2D eigenvalue weighted by Crippen LogP contribution is 2.31. The summed E-state index contributed by atoms with van der Waals surface area (Å²) >= 11 is 6.05. The molecule has 6 nitrogen and oxygen atoms in total. The molecule has 1 fully saturated rings. The van der Waals surface area contributed by atoms with Crippen molar-refractivity contribution in [1.82, 2.24) is 9.97 Å². The van der Waals surface area contributed by atoms with Gasteiger partial charge in [0.1, 0.15) is 5.69 Å². The second-order valence-corrected chi connectivity index (χ2v) is 8.34. The van der Waals surface area contributed by atoms with Crippen molar-refractivity contribution in [3.63, 3.8) is 0 Å². The summed E-state index contributed by atoms with van der Waals surface area (Å²) in [4.78, 5) is 26.6. The fourth-order valence-electron chi connectivity index (χ4n) is 4.13. The van der Waals surface area contributed by atoms with E-state index in [2.05, 4.69) is 21.9 Å². The number of piperazine rings is 1. The van der Waals surface area contributed by atoms with Crippen LogP contribution >= 0.6 is 11.6 Å². The Kier molecular flexibility index (Phi) is 5.84. The quantitative estimate of drug-likeness (QED) is 0.398. The maximum absolute atomic E-state index is 12.0. The van der Waals surface area contributed by atoms with Gasteiger partial charge in [0.05, 0.1) is 23.7 Å². The summed E-state index contributed by atoms with van der Waals surface area (Å²) in [6.45, 7) is 3.33. The van der Waals surface area contributed by atoms with E-state index in [0.717, 1.165) is 59.5 Å². The van der Waals surface area contributed by atoms with Gasteiger partial charge in [0.15, 0.2) is 5.82 Å². The van der Waals surface area contributed by atoms with Crippen LogP contribution in [0.5, 0.6) is 0 Å². The van der Waals surface area contributed by atoms with Crippen molar-refractivity contribution in [2.75, 3.05) is 43.1 Å². The molecular weight excluding hydrogens is 436 g/mol. The van der Waals surface area contributed by atoms with Crippen molar-refractivity contribution in [3.05, 3.63) is 83.4 Å². The molecule has 1 aliphatic heterocycles. The predicted molar refractivity (Wildman–Crippen MR) is 132 cm³/mol. The summed E-state index contributed by atoms with van der Waals surface area (Å²) in [5.74, 6) is 0.440. The molecule has 0 radical (unpaired) electrons. The minimum absolute atomic E-state index is 0.385. The maximum atomic E-state index is 12.0. The minimum atomic E-state index is -0.385. The second kappa shape index (κ2) is 9.08. The molecule has 0 bridgehead atoms. The van der Waals surface area contributed by atoms with Gasteiger partial charge in [-0.2, -0.15) is 0 Å². The fourth-order valence-corrected chi connectivity index (χ4v) is 4.25. The molecule has 7 heteroatoms. The van der Waals surface area contributed by atoms with Crippen molar-refractivity contribution in [1.29, 1.82) is 0 Å². The van der Waals surface area contributed by atoms with E-state index < -0.39 is 0 Å². The molecule has 0 unspecified atom stereocenters. The Balaban J connectivity index is 1.51. The lowest BCUT2D eigenvalue weighted by Crippen LogP contribution is -2.47. The predicted octanol–water partition coefficient (Wildman–Crippen LogP) is 5.06. The van der Waals surface area contributed by atoms with Crippen LogP contribution in [0, 0.1) is 0 Å². The standard InChI is InChI=1S/C26H23ClN4O2/c1-33-26(32)19-7-12-22-23(17-19)29-25(24(28-22)18-5-3-2-4-6-18)31-15-13-30(14-16-31)21-10-8-20(27)9-11-21/h2-12,17H,13-16H2,1H3. The first-order chi connectivity index (χ1) is 16.1. The third kappa shape index (κ3) is 4.34. The second-order valence-electron chi connectivity index (χ2n) is 7.91. The summed E-state index contributed by atoms with van der Waals surface area (Å²) in [6.07, 6.45) is 0. The van der Waals surface area contributed by atoms with Gasteiger partial charge in [-0.15, -0.1) is 0 Å². The molecule has 0 amide bonds. The van der Waals surface area contributed by atoms with E-state index in [-0.39, 0.29) is 5.97 Å². The monoisotopic (exact) mass is 458 g/mol. The normalized spacial score (nSPS) is 13.9. The molecule has 166 valence electrons. The van der Waals surface area contributed by atoms with Gasteiger partial charge in [-0.1, -0.05) is 41.9 Å². The van der Waals surface area contributed by atoms with Gasteiger partial charge in [-0.25, -0.2) is 14.8 Å². The number of carbonyl (C=O) groups excluding carboxylic acids is 1. The van der Waals surface area contributed by atoms with Gasteiger partial charge in [0, 0.05) is 42.5 Å². The van der Waals surface area contributed by atoms with Crippen LogP contribution in [-0.4, -0.2) is 49.2 Å². The molecule has 0 N–H and O–H groups in total. The Morgan fingerprint density at radius 3 is 2.24 bits per heavy atom. The lowest BCUT2D eigenvalue weighted by atomic mass is 10.1. The number of rotatable bonds is 4. The molecule has 1 aliphatic rings. The Hall–Kier alpha value is -3.64. The van der Waals surface area contributed by atoms with Gasteiger partial charge < -0.3 is 14.5 Å². The van der Waals surface area contributed by atoms with Crippen LogP contribution in [0.4, 0.5) is 11.5 Å². The summed E-state index contributed by atoms with van der Waals surface area (Å²) in [6, 6.07) is 23.3. The molecule has 1 saturated heterocycles. The molecule has 1 aromatic heterocycles. The zero-order valence-electron chi connectivity index (χ0n) is 18.2. The van der Waals surface area contributed by atoms with Gasteiger partial charge in [-0.05, 0) is 42.5 Å². The van der Waals surface area contributed by atoms with Crippen LogP contribution in [0.1, 0.15) is 10.4 Å². The number of anilines is 2. The van der Waals surface area contributed by atoms with Crippen LogP contribution in [0.25, 0.3) is 22.3 Å². The molecule has 2 heterocycles. The summed E-state index contributed by atoms with van der Waals surface area (Å²) in [5, 5.41) is 0.739. The number of hydrogen-bond acceptors (Lipinski definition) is 6. The van der Waals surface area contributed by atoms with Gasteiger partial charge in [0.2, 0.25) is 0 Å². The van der Waals surface area contributed by atoms with E-state index in [4.69, 9.17) is 26.3 Å². The Morgan fingerprint density at radius 1 is 0.848 bits per heavy atom. The third-order valence-corrected chi connectivity index (χ3v) is 6.14. The van der Waals surface area contributed by atoms with E-state index in [1.807, 2.05) is 48.5 Å². The molecule has 5 rings (SSSR count). The van der Waals surface area contributed by atoms with Crippen LogP contribution in [0.15, 0.2) is 72.8 Å². The summed E-state index contributed by atoms with van der Waals surface area (Å²) in [7, 11) is 1.38. The summed E-state index contributed by atoms with van der Waals surface area (Å²) in [5.41, 5.74) is 4.89. The number of esters is 1. The third-order valence-electron chi connectivity index (χ3n) is 5.89. The number of hydrogen-bond donors (Lipinski definition) is 0. The van der Waals surface area contributed by atoms with Gasteiger partial charge >= 0.3 is 5.97 Å². The number of benzene rings is 3. The van der Waals surface area contributed by atoms with E-state index in [9.17, 15) is 4.79 Å². The smallest absolute Gasteiger partial charge is 0.337 e. The number of halogens is 1. The van der Waals surface area contributed by atoms with E-state index in [0.29, 0.717) is 11.1 Å². The average molecular weight is 459 g/mol. The molecular formula is C26H23ClN4O2. The Labute approximate surface area is 197 Å².